The first kappa shape index (κ1) is 19.7. The van der Waals surface area contributed by atoms with Gasteiger partial charge in [-0.1, -0.05) is 13.8 Å². The van der Waals surface area contributed by atoms with Crippen LogP contribution in [0.1, 0.15) is 26.7 Å². The predicted molar refractivity (Wildman–Crippen MR) is 89.5 cm³/mol. The summed E-state index contributed by atoms with van der Waals surface area (Å²) < 4.78 is 1.60. The second-order valence-corrected chi connectivity index (χ2v) is 5.15. The number of rotatable bonds is 5. The molecule has 24 heavy (non-hydrogen) atoms. The molecule has 1 aromatic heterocycles. The lowest BCUT2D eigenvalue weighted by molar-refractivity contribution is -0.111. The van der Waals surface area contributed by atoms with E-state index >= 15 is 0 Å². The molecule has 3 amide bonds. The molecule has 1 aromatic rings. The highest BCUT2D eigenvalue weighted by atomic mass is 16.3. The van der Waals surface area contributed by atoms with Crippen molar-refractivity contribution in [1.29, 1.82) is 0 Å². The number of nitrogen functional groups attached to an aromatic ring is 1. The van der Waals surface area contributed by atoms with Crippen LogP contribution in [-0.2, 0) is 11.3 Å². The second kappa shape index (κ2) is 10.4. The Bertz CT molecular complexity index is 508. The number of amides is 3. The van der Waals surface area contributed by atoms with E-state index in [1.165, 1.54) is 19.2 Å². The lowest BCUT2D eigenvalue weighted by Gasteiger charge is -2.18. The molecule has 2 fully saturated rings. The molecular weight excluding hydrogens is 314 g/mol. The van der Waals surface area contributed by atoms with E-state index in [0.29, 0.717) is 18.3 Å². The van der Waals surface area contributed by atoms with Crippen molar-refractivity contribution in [2.45, 2.75) is 45.5 Å². The molecule has 2 unspecified atom stereocenters. The summed E-state index contributed by atoms with van der Waals surface area (Å²) in [7, 11) is 0. The van der Waals surface area contributed by atoms with E-state index in [4.69, 9.17) is 5.73 Å². The number of aliphatic hydroxyl groups is 1. The van der Waals surface area contributed by atoms with E-state index in [1.54, 1.807) is 10.8 Å². The van der Waals surface area contributed by atoms with Crippen LogP contribution in [-0.4, -0.2) is 57.4 Å². The van der Waals surface area contributed by atoms with Gasteiger partial charge in [0.25, 0.3) is 0 Å². The molecule has 0 spiro atoms. The molecule has 2 aliphatic heterocycles. The zero-order valence-electron chi connectivity index (χ0n) is 14.1. The van der Waals surface area contributed by atoms with E-state index in [1.807, 2.05) is 18.7 Å². The molecule has 0 aromatic carbocycles. The van der Waals surface area contributed by atoms with Crippen molar-refractivity contribution in [3.63, 3.8) is 0 Å². The van der Waals surface area contributed by atoms with E-state index in [9.17, 15) is 14.7 Å². The van der Waals surface area contributed by atoms with Crippen LogP contribution in [0.5, 0.6) is 0 Å². The Hall–Kier alpha value is -2.33. The molecule has 10 heteroatoms. The largest absolute Gasteiger partial charge is 0.382 e. The van der Waals surface area contributed by atoms with E-state index in [-0.39, 0.29) is 12.6 Å². The average molecular weight is 341 g/mol. The Balaban J connectivity index is 0.000000227. The van der Waals surface area contributed by atoms with Crippen LogP contribution in [0.15, 0.2) is 12.5 Å². The molecule has 136 valence electrons. The molecule has 2 saturated heterocycles. The Morgan fingerprint density at radius 3 is 2.88 bits per heavy atom. The molecule has 0 radical (unpaired) electrons. The van der Waals surface area contributed by atoms with Gasteiger partial charge in [0.2, 0.25) is 6.41 Å². The summed E-state index contributed by atoms with van der Waals surface area (Å²) in [6, 6.07) is 0.601. The number of aliphatic hydroxyl groups excluding tert-OH is 1. The normalized spacial score (nSPS) is 19.2. The number of nitrogens with two attached hydrogens (primary N) is 1. The van der Waals surface area contributed by atoms with Gasteiger partial charge in [0.05, 0.1) is 12.9 Å². The average Bonchev–Trinajstić information content (AvgIpc) is 3.10. The molecule has 3 rings (SSSR count). The number of piperidine rings is 1. The Labute approximate surface area is 141 Å². The maximum absolute atomic E-state index is 10.9. The van der Waals surface area contributed by atoms with Crippen molar-refractivity contribution in [3.05, 3.63) is 12.5 Å². The van der Waals surface area contributed by atoms with Crippen LogP contribution in [0, 0.1) is 0 Å². The number of hydrazine groups is 1. The number of fused-ring (bicyclic) bond motifs is 2. The fourth-order valence-corrected chi connectivity index (χ4v) is 2.40. The number of aromatic nitrogens is 2. The van der Waals surface area contributed by atoms with Crippen molar-refractivity contribution in [1.82, 2.24) is 30.6 Å². The number of nitrogens with zero attached hydrogens (tertiary/aromatic N) is 3. The van der Waals surface area contributed by atoms with Crippen LogP contribution in [0.3, 0.4) is 0 Å². The highest BCUT2D eigenvalue weighted by Crippen LogP contribution is 2.15. The van der Waals surface area contributed by atoms with Crippen LogP contribution in [0.4, 0.5) is 10.6 Å². The van der Waals surface area contributed by atoms with Crippen LogP contribution in [0.25, 0.3) is 0 Å². The first-order valence-electron chi connectivity index (χ1n) is 8.04. The molecule has 6 N–H and O–H groups in total. The number of urea groups is 1. The summed E-state index contributed by atoms with van der Waals surface area (Å²) in [4.78, 5) is 26.4. The molecular formula is C14H27N7O3. The lowest BCUT2D eigenvalue weighted by atomic mass is 10.1. The van der Waals surface area contributed by atoms with E-state index in [2.05, 4.69) is 21.2 Å². The summed E-state index contributed by atoms with van der Waals surface area (Å²) in [6.07, 6.45) is 4.96. The van der Waals surface area contributed by atoms with Crippen LogP contribution < -0.4 is 21.9 Å². The Kier molecular flexibility index (Phi) is 8.58. The zero-order chi connectivity index (χ0) is 17.9. The first-order chi connectivity index (χ1) is 11.6. The van der Waals surface area contributed by atoms with Gasteiger partial charge >= 0.3 is 6.03 Å². The maximum atomic E-state index is 10.9. The van der Waals surface area contributed by atoms with Gasteiger partial charge in [-0.3, -0.25) is 10.2 Å². The van der Waals surface area contributed by atoms with Gasteiger partial charge in [0, 0.05) is 25.3 Å². The Morgan fingerprint density at radius 2 is 2.33 bits per heavy atom. The van der Waals surface area contributed by atoms with Crippen molar-refractivity contribution in [2.24, 2.45) is 0 Å². The molecule has 2 aliphatic rings. The molecule has 0 aliphatic carbocycles. The topological polar surface area (TPSA) is 138 Å². The minimum absolute atomic E-state index is 0.137. The van der Waals surface area contributed by atoms with Gasteiger partial charge < -0.3 is 25.6 Å². The molecule has 0 saturated carbocycles. The third-order valence-corrected chi connectivity index (χ3v) is 3.38. The highest BCUT2D eigenvalue weighted by Gasteiger charge is 2.31. The second-order valence-electron chi connectivity index (χ2n) is 5.15. The van der Waals surface area contributed by atoms with Gasteiger partial charge in [0.1, 0.15) is 12.0 Å². The highest BCUT2D eigenvalue weighted by molar-refractivity contribution is 5.77. The molecule has 3 heterocycles. The third kappa shape index (κ3) is 6.42. The number of imidazole rings is 1. The fourth-order valence-electron chi connectivity index (χ4n) is 2.40. The maximum Gasteiger partial charge on any atom is 0.317 e. The van der Waals surface area contributed by atoms with Crippen molar-refractivity contribution >= 4 is 18.3 Å². The monoisotopic (exact) mass is 341 g/mol. The van der Waals surface area contributed by atoms with Gasteiger partial charge in [-0.15, -0.1) is 0 Å². The van der Waals surface area contributed by atoms with Gasteiger partial charge in [-0.2, -0.15) is 0 Å². The lowest BCUT2D eigenvalue weighted by Crippen LogP contribution is -2.42. The number of hydrogen-bond acceptors (Lipinski definition) is 6. The van der Waals surface area contributed by atoms with E-state index in [0.717, 1.165) is 13.1 Å². The minimum Gasteiger partial charge on any atom is -0.382 e. The summed E-state index contributed by atoms with van der Waals surface area (Å²) in [6.45, 7) is 6.16. The summed E-state index contributed by atoms with van der Waals surface area (Å²) in [5.41, 5.74) is 9.82. The number of hydrogen-bond donors (Lipinski definition) is 5. The fraction of sp³-hybridized carbons (Fsp3) is 0.643. The standard InChI is InChI=1S/C6H11N5O2.C6H10N2O.C2H6/c7-5-1-11(3-8-5)2-6(13)10-9-4-12;9-6-7-5-2-1-3-8(6)4-5;1-2/h1,3-4,6,10,13H,2,7H2,(H,9,12);5H,1-4H2,(H,7,9);1-2H3. The summed E-state index contributed by atoms with van der Waals surface area (Å²) in [5.74, 6) is 0.385. The minimum atomic E-state index is -0.876. The number of carbonyl (C=O) groups excluding carboxylic acids is 2. The molecule has 2 bridgehead atoms. The van der Waals surface area contributed by atoms with Crippen molar-refractivity contribution in [3.8, 4) is 0 Å². The van der Waals surface area contributed by atoms with Crippen LogP contribution >= 0.6 is 0 Å². The zero-order valence-corrected chi connectivity index (χ0v) is 14.1. The predicted octanol–water partition coefficient (Wildman–Crippen LogP) is -0.765. The third-order valence-electron chi connectivity index (χ3n) is 3.38. The van der Waals surface area contributed by atoms with Crippen LogP contribution in [0.2, 0.25) is 0 Å². The molecule has 2 atom stereocenters. The van der Waals surface area contributed by atoms with Crippen molar-refractivity contribution in [2.75, 3.05) is 18.8 Å². The number of nitrogens with one attached hydrogen (secondary N) is 3. The van der Waals surface area contributed by atoms with Gasteiger partial charge in [-0.25, -0.2) is 15.2 Å². The van der Waals surface area contributed by atoms with E-state index < -0.39 is 6.23 Å². The number of anilines is 1. The quantitative estimate of drug-likeness (QED) is 0.271. The Morgan fingerprint density at radius 1 is 1.58 bits per heavy atom. The smallest absolute Gasteiger partial charge is 0.317 e. The first-order valence-corrected chi connectivity index (χ1v) is 8.04. The number of carbonyl (C=O) groups is 2. The molecule has 10 nitrogen and oxygen atoms in total. The summed E-state index contributed by atoms with van der Waals surface area (Å²) in [5, 5.41) is 12.1. The van der Waals surface area contributed by atoms with Crippen molar-refractivity contribution < 1.29 is 14.7 Å². The summed E-state index contributed by atoms with van der Waals surface area (Å²) >= 11 is 0. The SMILES string of the molecule is CC.Nc1cn(CC(O)NNC=O)cn1.O=C1NC2CCCN1C2. The van der Waals surface area contributed by atoms with Gasteiger partial charge in [0.15, 0.2) is 0 Å². The van der Waals surface area contributed by atoms with Gasteiger partial charge in [-0.05, 0) is 12.8 Å².